The van der Waals surface area contributed by atoms with Gasteiger partial charge in [-0.1, -0.05) is 13.8 Å². The van der Waals surface area contributed by atoms with Crippen LogP contribution in [0.4, 0.5) is 5.95 Å². The van der Waals surface area contributed by atoms with E-state index in [1.807, 2.05) is 0 Å². The molecule has 2 bridgehead atoms. The first-order valence-corrected chi connectivity index (χ1v) is 8.26. The molecule has 3 atom stereocenters. The number of rotatable bonds is 5. The Morgan fingerprint density at radius 2 is 1.90 bits per heavy atom. The Morgan fingerprint density at radius 3 is 2.43 bits per heavy atom. The fourth-order valence-electron chi connectivity index (χ4n) is 3.70. The zero-order chi connectivity index (χ0) is 15.0. The van der Waals surface area contributed by atoms with Crippen molar-refractivity contribution in [3.05, 3.63) is 17.0 Å². The van der Waals surface area contributed by atoms with E-state index in [2.05, 4.69) is 43.0 Å². The molecular formula is C17H27N3O. The van der Waals surface area contributed by atoms with Gasteiger partial charge in [0.05, 0.1) is 12.2 Å². The summed E-state index contributed by atoms with van der Waals surface area (Å²) in [6.07, 6.45) is 5.70. The molecule has 4 heteroatoms. The molecule has 2 fully saturated rings. The second-order valence-electron chi connectivity index (χ2n) is 7.05. The predicted octanol–water partition coefficient (Wildman–Crippen LogP) is 3.27. The third-order valence-electron chi connectivity index (χ3n) is 4.79. The second-order valence-corrected chi connectivity index (χ2v) is 7.05. The van der Waals surface area contributed by atoms with Crippen molar-refractivity contribution < 1.29 is 4.74 Å². The van der Waals surface area contributed by atoms with Crippen molar-refractivity contribution in [2.75, 3.05) is 11.9 Å². The minimum absolute atomic E-state index is 0.463. The molecule has 0 amide bonds. The Hall–Kier alpha value is -1.16. The van der Waals surface area contributed by atoms with Gasteiger partial charge >= 0.3 is 0 Å². The Morgan fingerprint density at radius 1 is 1.19 bits per heavy atom. The smallest absolute Gasteiger partial charge is 0.223 e. The summed E-state index contributed by atoms with van der Waals surface area (Å²) in [6, 6.07) is 0. The van der Waals surface area contributed by atoms with E-state index in [-0.39, 0.29) is 0 Å². The van der Waals surface area contributed by atoms with Crippen LogP contribution in [-0.2, 0) is 11.2 Å². The molecule has 1 aromatic rings. The van der Waals surface area contributed by atoms with Gasteiger partial charge in [-0.2, -0.15) is 0 Å². The summed E-state index contributed by atoms with van der Waals surface area (Å²) in [6.45, 7) is 9.60. The van der Waals surface area contributed by atoms with Crippen molar-refractivity contribution in [2.45, 2.75) is 65.6 Å². The maximum atomic E-state index is 5.90. The van der Waals surface area contributed by atoms with Gasteiger partial charge in [-0.15, -0.1) is 0 Å². The third-order valence-corrected chi connectivity index (χ3v) is 4.79. The number of fused-ring (bicyclic) bond motifs is 2. The van der Waals surface area contributed by atoms with Gasteiger partial charge in [0.25, 0.3) is 0 Å². The monoisotopic (exact) mass is 289 g/mol. The molecule has 0 aliphatic carbocycles. The molecular weight excluding hydrogens is 262 g/mol. The van der Waals surface area contributed by atoms with Crippen LogP contribution in [0.3, 0.4) is 0 Å². The normalized spacial score (nSPS) is 27.6. The third kappa shape index (κ3) is 3.20. The minimum Gasteiger partial charge on any atom is -0.375 e. The first-order valence-electron chi connectivity index (χ1n) is 8.26. The molecule has 2 aliphatic heterocycles. The van der Waals surface area contributed by atoms with E-state index < -0.39 is 0 Å². The van der Waals surface area contributed by atoms with Gasteiger partial charge in [-0.05, 0) is 51.0 Å². The van der Waals surface area contributed by atoms with Gasteiger partial charge < -0.3 is 10.1 Å². The molecule has 0 saturated carbocycles. The average Bonchev–Trinajstić information content (AvgIpc) is 3.02. The molecule has 3 rings (SSSR count). The van der Waals surface area contributed by atoms with Crippen LogP contribution in [0.2, 0.25) is 0 Å². The van der Waals surface area contributed by atoms with E-state index in [0.717, 1.165) is 30.3 Å². The number of nitrogens with one attached hydrogen (secondary N) is 1. The van der Waals surface area contributed by atoms with Gasteiger partial charge in [0.2, 0.25) is 5.95 Å². The molecule has 0 spiro atoms. The average molecular weight is 289 g/mol. The summed E-state index contributed by atoms with van der Waals surface area (Å²) in [5, 5.41) is 3.43. The zero-order valence-corrected chi connectivity index (χ0v) is 13.6. The fourth-order valence-corrected chi connectivity index (χ4v) is 3.70. The molecule has 2 aliphatic rings. The minimum atomic E-state index is 0.463. The van der Waals surface area contributed by atoms with E-state index in [0.29, 0.717) is 24.0 Å². The van der Waals surface area contributed by atoms with E-state index in [4.69, 9.17) is 4.74 Å². The largest absolute Gasteiger partial charge is 0.375 e. The van der Waals surface area contributed by atoms with Crippen LogP contribution >= 0.6 is 0 Å². The summed E-state index contributed by atoms with van der Waals surface area (Å²) in [5.41, 5.74) is 3.53. The van der Waals surface area contributed by atoms with Gasteiger partial charge in [0.15, 0.2) is 0 Å². The van der Waals surface area contributed by atoms with Gasteiger partial charge in [0, 0.05) is 23.9 Å². The predicted molar refractivity (Wildman–Crippen MR) is 84.5 cm³/mol. The Balaban J connectivity index is 1.63. The number of anilines is 1. The summed E-state index contributed by atoms with van der Waals surface area (Å²) >= 11 is 0. The number of aromatic nitrogens is 2. The van der Waals surface area contributed by atoms with Gasteiger partial charge in [-0.3, -0.25) is 0 Å². The van der Waals surface area contributed by atoms with Crippen molar-refractivity contribution in [1.82, 2.24) is 9.97 Å². The van der Waals surface area contributed by atoms with Crippen LogP contribution < -0.4 is 5.32 Å². The van der Waals surface area contributed by atoms with E-state index in [1.54, 1.807) is 0 Å². The molecule has 3 heterocycles. The molecule has 0 aromatic carbocycles. The van der Waals surface area contributed by atoms with Crippen LogP contribution in [0, 0.1) is 25.7 Å². The van der Waals surface area contributed by atoms with Gasteiger partial charge in [0.1, 0.15) is 0 Å². The van der Waals surface area contributed by atoms with Gasteiger partial charge in [-0.25, -0.2) is 9.97 Å². The number of aryl methyl sites for hydroxylation is 2. The maximum absolute atomic E-state index is 5.90. The first-order chi connectivity index (χ1) is 10.0. The van der Waals surface area contributed by atoms with Crippen molar-refractivity contribution in [3.63, 3.8) is 0 Å². The Bertz CT molecular complexity index is 492. The van der Waals surface area contributed by atoms with Crippen molar-refractivity contribution in [2.24, 2.45) is 11.8 Å². The standard InChI is InChI=1S/C17H27N3O/c1-10(2)7-15-11(3)19-17(20-12(15)4)18-9-13-8-14-5-6-16(13)21-14/h10,13-14,16H,5-9H2,1-4H3,(H,18,19,20)/t13-,14+,16+/m0/s1. The molecule has 0 unspecified atom stereocenters. The summed E-state index contributed by atoms with van der Waals surface area (Å²) < 4.78 is 5.90. The zero-order valence-electron chi connectivity index (χ0n) is 13.6. The lowest BCUT2D eigenvalue weighted by molar-refractivity contribution is 0.0941. The number of hydrogen-bond donors (Lipinski definition) is 1. The molecule has 4 nitrogen and oxygen atoms in total. The SMILES string of the molecule is Cc1nc(NC[C@@H]2C[C@H]3CC[C@H]2O3)nc(C)c1CC(C)C. The number of ether oxygens (including phenoxy) is 1. The number of nitrogens with zero attached hydrogens (tertiary/aromatic N) is 2. The summed E-state index contributed by atoms with van der Waals surface area (Å²) in [7, 11) is 0. The highest BCUT2D eigenvalue weighted by Crippen LogP contribution is 2.38. The quantitative estimate of drug-likeness (QED) is 0.903. The molecule has 21 heavy (non-hydrogen) atoms. The lowest BCUT2D eigenvalue weighted by Gasteiger charge is -2.19. The first kappa shape index (κ1) is 14.8. The highest BCUT2D eigenvalue weighted by molar-refractivity contribution is 5.34. The van der Waals surface area contributed by atoms with Crippen LogP contribution in [0.5, 0.6) is 0 Å². The van der Waals surface area contributed by atoms with Crippen molar-refractivity contribution >= 4 is 5.95 Å². The fraction of sp³-hybridized carbons (Fsp3) is 0.765. The summed E-state index contributed by atoms with van der Waals surface area (Å²) in [4.78, 5) is 9.29. The molecule has 2 saturated heterocycles. The lowest BCUT2D eigenvalue weighted by atomic mass is 9.89. The molecule has 1 N–H and O–H groups in total. The van der Waals surface area contributed by atoms with E-state index >= 15 is 0 Å². The number of hydrogen-bond acceptors (Lipinski definition) is 4. The highest BCUT2D eigenvalue weighted by Gasteiger charge is 2.40. The second kappa shape index (κ2) is 5.91. The topological polar surface area (TPSA) is 47.0 Å². The molecule has 0 radical (unpaired) electrons. The summed E-state index contributed by atoms with van der Waals surface area (Å²) in [5.74, 6) is 2.04. The molecule has 1 aromatic heterocycles. The van der Waals surface area contributed by atoms with Crippen molar-refractivity contribution in [3.8, 4) is 0 Å². The lowest BCUT2D eigenvalue weighted by Crippen LogP contribution is -2.25. The Labute approximate surface area is 127 Å². The molecule has 116 valence electrons. The maximum Gasteiger partial charge on any atom is 0.223 e. The van der Waals surface area contributed by atoms with Crippen LogP contribution in [-0.4, -0.2) is 28.7 Å². The van der Waals surface area contributed by atoms with Crippen LogP contribution in [0.1, 0.15) is 50.1 Å². The highest BCUT2D eigenvalue weighted by atomic mass is 16.5. The van der Waals surface area contributed by atoms with Crippen LogP contribution in [0.25, 0.3) is 0 Å². The van der Waals surface area contributed by atoms with Crippen molar-refractivity contribution in [1.29, 1.82) is 0 Å². The Kier molecular flexibility index (Phi) is 4.16. The van der Waals surface area contributed by atoms with Crippen LogP contribution in [0.15, 0.2) is 0 Å². The van der Waals surface area contributed by atoms with E-state index in [9.17, 15) is 0 Å². The van der Waals surface area contributed by atoms with E-state index in [1.165, 1.54) is 24.8 Å².